The van der Waals surface area contributed by atoms with Crippen molar-refractivity contribution in [3.05, 3.63) is 143 Å². The van der Waals surface area contributed by atoms with Gasteiger partial charge in [0, 0.05) is 34.2 Å². The van der Waals surface area contributed by atoms with E-state index in [4.69, 9.17) is 14.7 Å². The third kappa shape index (κ3) is 4.76. The van der Waals surface area contributed by atoms with Crippen molar-refractivity contribution < 1.29 is 9.84 Å². The van der Waals surface area contributed by atoms with Crippen LogP contribution >= 0.6 is 0 Å². The second-order valence-electron chi connectivity index (χ2n) is 14.8. The van der Waals surface area contributed by atoms with Gasteiger partial charge in [-0.2, -0.15) is 4.98 Å². The molecule has 0 atom stereocenters. The van der Waals surface area contributed by atoms with Crippen molar-refractivity contribution in [2.24, 2.45) is 5.41 Å². The Kier molecular flexibility index (Phi) is 6.32. The minimum atomic E-state index is 0.0181. The van der Waals surface area contributed by atoms with E-state index in [2.05, 4.69) is 110 Å². The van der Waals surface area contributed by atoms with Crippen LogP contribution in [-0.2, 0) is 31.1 Å². The molecule has 0 saturated carbocycles. The highest BCUT2D eigenvalue weighted by atomic mass is 16.5. The van der Waals surface area contributed by atoms with E-state index >= 15 is 0 Å². The summed E-state index contributed by atoms with van der Waals surface area (Å²) >= 11 is 0. The molecule has 236 valence electrons. The molecule has 5 nitrogen and oxygen atoms in total. The van der Waals surface area contributed by atoms with Crippen LogP contribution in [0.5, 0.6) is 17.5 Å². The van der Waals surface area contributed by atoms with Gasteiger partial charge < -0.3 is 9.84 Å². The lowest BCUT2D eigenvalue weighted by Gasteiger charge is -2.21. The molecule has 2 aliphatic carbocycles. The topological polar surface area (TPSA) is 60.2 Å². The first-order valence-corrected chi connectivity index (χ1v) is 16.8. The zero-order valence-corrected chi connectivity index (χ0v) is 27.5. The summed E-state index contributed by atoms with van der Waals surface area (Å²) in [6, 6.07) is 39.7. The number of pyridine rings is 2. The number of phenols is 1. The average Bonchev–Trinajstić information content (AvgIpc) is 3.72. The smallest absolute Gasteiger partial charge is 0.223 e. The molecule has 9 rings (SSSR count). The van der Waals surface area contributed by atoms with Crippen molar-refractivity contribution in [2.45, 2.75) is 51.9 Å². The van der Waals surface area contributed by atoms with Gasteiger partial charge in [0.25, 0.3) is 0 Å². The monoisotopic (exact) mass is 627 g/mol. The highest BCUT2D eigenvalue weighted by Crippen LogP contribution is 2.49. The Morgan fingerprint density at radius 2 is 1.33 bits per heavy atom. The Balaban J connectivity index is 1.05. The number of ether oxygens (including phenoxy) is 1. The predicted molar refractivity (Wildman–Crippen MR) is 192 cm³/mol. The number of nitrogens with zero attached hydrogens (tertiary/aromatic N) is 3. The second-order valence-corrected chi connectivity index (χ2v) is 14.8. The minimum Gasteiger partial charge on any atom is -0.507 e. The highest BCUT2D eigenvalue weighted by Gasteiger charge is 2.42. The molecule has 0 bridgehead atoms. The summed E-state index contributed by atoms with van der Waals surface area (Å²) in [5, 5.41) is 13.4. The summed E-state index contributed by atoms with van der Waals surface area (Å²) in [4.78, 5) is 9.91. The highest BCUT2D eigenvalue weighted by molar-refractivity contribution is 6.08. The molecule has 4 aromatic carbocycles. The molecule has 0 amide bonds. The van der Waals surface area contributed by atoms with Gasteiger partial charge >= 0.3 is 0 Å². The summed E-state index contributed by atoms with van der Waals surface area (Å²) in [6.07, 6.45) is 4.19. The molecule has 5 heteroatoms. The molecule has 2 aliphatic rings. The van der Waals surface area contributed by atoms with E-state index in [0.717, 1.165) is 58.9 Å². The Hall–Kier alpha value is -5.42. The number of aromatic nitrogens is 3. The van der Waals surface area contributed by atoms with Crippen molar-refractivity contribution in [2.75, 3.05) is 0 Å². The van der Waals surface area contributed by atoms with E-state index in [9.17, 15) is 5.11 Å². The number of hydrogen-bond acceptors (Lipinski definition) is 4. The van der Waals surface area contributed by atoms with Crippen LogP contribution < -0.4 is 4.74 Å². The number of fused-ring (bicyclic) bond motifs is 5. The molecule has 0 aliphatic heterocycles. The van der Waals surface area contributed by atoms with E-state index in [1.165, 1.54) is 27.8 Å². The summed E-state index contributed by atoms with van der Waals surface area (Å²) in [5.74, 6) is 1.15. The lowest BCUT2D eigenvalue weighted by molar-refractivity contribution is 0.326. The fourth-order valence-electron chi connectivity index (χ4n) is 8.08. The van der Waals surface area contributed by atoms with E-state index in [0.29, 0.717) is 17.5 Å². The van der Waals surface area contributed by atoms with Crippen molar-refractivity contribution in [1.29, 1.82) is 0 Å². The van der Waals surface area contributed by atoms with Gasteiger partial charge in [0.1, 0.15) is 11.4 Å². The number of hydrogen-bond donors (Lipinski definition) is 1. The van der Waals surface area contributed by atoms with Crippen LogP contribution in [0.15, 0.2) is 115 Å². The van der Waals surface area contributed by atoms with Gasteiger partial charge in [-0.1, -0.05) is 81.4 Å². The largest absolute Gasteiger partial charge is 0.507 e. The first-order chi connectivity index (χ1) is 23.2. The Labute approximate surface area is 280 Å². The van der Waals surface area contributed by atoms with E-state index in [1.807, 2.05) is 30.3 Å². The summed E-state index contributed by atoms with van der Waals surface area (Å²) in [6.45, 7) is 6.70. The predicted octanol–water partition coefficient (Wildman–Crippen LogP) is 9.92. The first-order valence-electron chi connectivity index (χ1n) is 16.8. The summed E-state index contributed by atoms with van der Waals surface area (Å²) in [5.41, 5.74) is 11.4. The lowest BCUT2D eigenvalue weighted by Crippen LogP contribution is -2.21. The number of para-hydroxylation sites is 1. The molecular weight excluding hydrogens is 590 g/mol. The van der Waals surface area contributed by atoms with Gasteiger partial charge in [-0.25, -0.2) is 4.98 Å². The molecule has 7 aromatic rings. The van der Waals surface area contributed by atoms with E-state index < -0.39 is 0 Å². The third-order valence-corrected chi connectivity index (χ3v) is 10.4. The van der Waals surface area contributed by atoms with Gasteiger partial charge in [-0.15, -0.1) is 0 Å². The quantitative estimate of drug-likeness (QED) is 0.211. The molecular formula is C43H37N3O2. The van der Waals surface area contributed by atoms with E-state index in [-0.39, 0.29) is 16.6 Å². The maximum absolute atomic E-state index is 11.2. The molecule has 1 N–H and O–H groups in total. The molecule has 0 radical (unpaired) electrons. The van der Waals surface area contributed by atoms with Crippen molar-refractivity contribution in [3.8, 4) is 34.5 Å². The van der Waals surface area contributed by atoms with Gasteiger partial charge in [0.05, 0.1) is 11.2 Å². The lowest BCUT2D eigenvalue weighted by atomic mass is 9.82. The molecule has 0 saturated heterocycles. The van der Waals surface area contributed by atoms with Gasteiger partial charge in [-0.3, -0.25) is 4.57 Å². The molecule has 0 unspecified atom stereocenters. The molecule has 0 fully saturated rings. The Bertz CT molecular complexity index is 2370. The molecule has 3 heterocycles. The van der Waals surface area contributed by atoms with Gasteiger partial charge in [-0.05, 0) is 107 Å². The zero-order valence-electron chi connectivity index (χ0n) is 27.5. The first kappa shape index (κ1) is 28.8. The molecule has 3 aromatic heterocycles. The maximum Gasteiger partial charge on any atom is 0.223 e. The van der Waals surface area contributed by atoms with Crippen molar-refractivity contribution >= 4 is 21.9 Å². The van der Waals surface area contributed by atoms with Crippen LogP contribution in [0.2, 0.25) is 0 Å². The zero-order chi connectivity index (χ0) is 32.6. The standard InChI is InChI=1S/C43H37N3O2/c1-42(2,3)31-12-8-13-32(22-31)46-37-16-7-6-14-33(37)34-18-19-40(45-41(34)46)48-39-17-9-15-36(44-39)35-20-29-25-43(26-30(29)21-38(35)47)23-27-10-4-5-11-28(27)24-43/h4-22,47H,23-26H2,1-3H3. The number of benzene rings is 4. The third-order valence-electron chi connectivity index (χ3n) is 10.4. The second kappa shape index (κ2) is 10.5. The van der Waals surface area contributed by atoms with Crippen LogP contribution in [0.4, 0.5) is 0 Å². The number of rotatable bonds is 4. The van der Waals surface area contributed by atoms with Crippen molar-refractivity contribution in [1.82, 2.24) is 14.5 Å². The number of aromatic hydroxyl groups is 1. The van der Waals surface area contributed by atoms with Gasteiger partial charge in [0.2, 0.25) is 11.8 Å². The average molecular weight is 628 g/mol. The summed E-state index contributed by atoms with van der Waals surface area (Å²) < 4.78 is 8.56. The number of phenolic OH excluding ortho intramolecular Hbond substituents is 1. The summed E-state index contributed by atoms with van der Waals surface area (Å²) in [7, 11) is 0. The fraction of sp³-hybridized carbons (Fsp3) is 0.209. The maximum atomic E-state index is 11.2. The van der Waals surface area contributed by atoms with Crippen LogP contribution in [0, 0.1) is 5.41 Å². The Morgan fingerprint density at radius 1 is 0.646 bits per heavy atom. The minimum absolute atomic E-state index is 0.0181. The van der Waals surface area contributed by atoms with Crippen LogP contribution in [0.25, 0.3) is 38.9 Å². The van der Waals surface area contributed by atoms with Crippen LogP contribution in [0.3, 0.4) is 0 Å². The van der Waals surface area contributed by atoms with Gasteiger partial charge in [0.15, 0.2) is 0 Å². The normalized spacial score (nSPS) is 14.9. The van der Waals surface area contributed by atoms with E-state index in [1.54, 1.807) is 0 Å². The molecule has 1 spiro atoms. The van der Waals surface area contributed by atoms with Crippen LogP contribution in [0.1, 0.15) is 48.6 Å². The SMILES string of the molecule is CC(C)(C)c1cccc(-n2c3ccccc3c3ccc(Oc4cccc(-c5cc6c(cc5O)CC5(Cc7ccccc7C5)C6)n4)nc32)c1. The fourth-order valence-corrected chi connectivity index (χ4v) is 8.08. The van der Waals surface area contributed by atoms with Crippen molar-refractivity contribution in [3.63, 3.8) is 0 Å². The Morgan fingerprint density at radius 3 is 2.12 bits per heavy atom. The van der Waals surface area contributed by atoms with Crippen LogP contribution in [-0.4, -0.2) is 19.6 Å². The molecule has 48 heavy (non-hydrogen) atoms.